The number of benzene rings is 1. The maximum atomic E-state index is 12.7. The number of hydrazine groups is 1. The molecule has 2 aromatic rings. The topological polar surface area (TPSA) is 74.8 Å². The predicted molar refractivity (Wildman–Crippen MR) is 98.6 cm³/mol. The van der Waals surface area contributed by atoms with Crippen molar-refractivity contribution in [2.45, 2.75) is 6.42 Å². The Balaban J connectivity index is 1.77. The van der Waals surface area contributed by atoms with Crippen molar-refractivity contribution >= 4 is 40.8 Å². The van der Waals surface area contributed by atoms with Gasteiger partial charge in [-0.3, -0.25) is 4.79 Å². The summed E-state index contributed by atoms with van der Waals surface area (Å²) in [6, 6.07) is 7.57. The zero-order chi connectivity index (χ0) is 18.7. The second kappa shape index (κ2) is 7.80. The van der Waals surface area contributed by atoms with Crippen molar-refractivity contribution in [1.29, 1.82) is 0 Å². The van der Waals surface area contributed by atoms with Crippen molar-refractivity contribution in [3.8, 4) is 5.75 Å². The number of carbonyl (C=O) groups excluding carboxylic acids is 2. The van der Waals surface area contributed by atoms with Crippen LogP contribution in [0, 0.1) is 0 Å². The fourth-order valence-corrected chi connectivity index (χ4v) is 2.93. The molecule has 0 saturated carbocycles. The molecule has 3 amide bonds. The van der Waals surface area contributed by atoms with Crippen molar-refractivity contribution in [3.05, 3.63) is 52.3 Å². The minimum Gasteiger partial charge on any atom is -0.495 e. The van der Waals surface area contributed by atoms with E-state index in [0.717, 1.165) is 0 Å². The molecule has 1 fully saturated rings. The van der Waals surface area contributed by atoms with Gasteiger partial charge in [0.25, 0.3) is 5.91 Å². The molecule has 1 aromatic carbocycles. The molecule has 0 radical (unpaired) electrons. The van der Waals surface area contributed by atoms with Crippen LogP contribution in [-0.2, 0) is 0 Å². The zero-order valence-corrected chi connectivity index (χ0v) is 15.4. The van der Waals surface area contributed by atoms with Gasteiger partial charge in [-0.1, -0.05) is 23.2 Å². The summed E-state index contributed by atoms with van der Waals surface area (Å²) in [6.07, 6.45) is 2.06. The lowest BCUT2D eigenvalue weighted by molar-refractivity contribution is 0.0404. The highest BCUT2D eigenvalue weighted by Gasteiger charge is 2.32. The van der Waals surface area contributed by atoms with E-state index in [9.17, 15) is 9.59 Å². The van der Waals surface area contributed by atoms with Crippen molar-refractivity contribution in [2.75, 3.05) is 25.5 Å². The van der Waals surface area contributed by atoms with Gasteiger partial charge >= 0.3 is 6.03 Å². The molecule has 0 spiro atoms. The second-order valence-corrected chi connectivity index (χ2v) is 6.37. The Morgan fingerprint density at radius 3 is 2.62 bits per heavy atom. The smallest absolute Gasteiger partial charge is 0.340 e. The van der Waals surface area contributed by atoms with E-state index in [1.807, 2.05) is 0 Å². The van der Waals surface area contributed by atoms with Gasteiger partial charge in [-0.15, -0.1) is 0 Å². The van der Waals surface area contributed by atoms with E-state index in [4.69, 9.17) is 27.9 Å². The Bertz CT molecular complexity index is 829. The lowest BCUT2D eigenvalue weighted by Crippen LogP contribution is -2.46. The molecule has 0 bridgehead atoms. The summed E-state index contributed by atoms with van der Waals surface area (Å²) in [4.78, 5) is 29.3. The summed E-state index contributed by atoms with van der Waals surface area (Å²) in [6.45, 7) is 0.850. The van der Waals surface area contributed by atoms with Crippen LogP contribution in [0.3, 0.4) is 0 Å². The fraction of sp³-hybridized carbons (Fsp3) is 0.235. The molecule has 0 atom stereocenters. The average molecular weight is 395 g/mol. The lowest BCUT2D eigenvalue weighted by atomic mass is 10.2. The molecule has 9 heteroatoms. The van der Waals surface area contributed by atoms with Crippen LogP contribution < -0.4 is 10.1 Å². The molecule has 1 N–H and O–H groups in total. The molecule has 0 unspecified atom stereocenters. The first-order chi connectivity index (χ1) is 12.5. The number of nitrogens with one attached hydrogen (secondary N) is 1. The van der Waals surface area contributed by atoms with Crippen molar-refractivity contribution in [1.82, 2.24) is 15.0 Å². The Morgan fingerprint density at radius 2 is 1.92 bits per heavy atom. The number of urea groups is 1. The van der Waals surface area contributed by atoms with E-state index in [0.29, 0.717) is 46.7 Å². The van der Waals surface area contributed by atoms with E-state index < -0.39 is 6.03 Å². The summed E-state index contributed by atoms with van der Waals surface area (Å²) in [5.41, 5.74) is 0.784. The third-order valence-corrected chi connectivity index (χ3v) is 4.34. The first kappa shape index (κ1) is 18.3. The minimum atomic E-state index is -0.446. The Morgan fingerprint density at radius 1 is 1.15 bits per heavy atom. The number of halogens is 2. The van der Waals surface area contributed by atoms with Gasteiger partial charge in [0.15, 0.2) is 0 Å². The first-order valence-electron chi connectivity index (χ1n) is 7.85. The van der Waals surface area contributed by atoms with Crippen molar-refractivity contribution in [2.24, 2.45) is 0 Å². The number of hydrogen-bond acceptors (Lipinski definition) is 4. The maximum absolute atomic E-state index is 12.7. The number of amides is 3. The summed E-state index contributed by atoms with van der Waals surface area (Å²) in [5.74, 6) is 0.154. The van der Waals surface area contributed by atoms with Crippen LogP contribution in [0.4, 0.5) is 10.5 Å². The quantitative estimate of drug-likeness (QED) is 0.805. The van der Waals surface area contributed by atoms with Gasteiger partial charge in [0, 0.05) is 24.3 Å². The third-order valence-electron chi connectivity index (χ3n) is 3.88. The number of pyridine rings is 1. The summed E-state index contributed by atoms with van der Waals surface area (Å²) in [5, 5.41) is 6.24. The molecule has 7 nitrogen and oxygen atoms in total. The molecule has 136 valence electrons. The summed E-state index contributed by atoms with van der Waals surface area (Å²) in [7, 11) is 1.50. The van der Waals surface area contributed by atoms with Crippen molar-refractivity contribution < 1.29 is 14.3 Å². The predicted octanol–water partition coefficient (Wildman–Crippen LogP) is 3.69. The molecule has 2 heterocycles. The highest BCUT2D eigenvalue weighted by Crippen LogP contribution is 2.28. The third kappa shape index (κ3) is 3.84. The fourth-order valence-electron chi connectivity index (χ4n) is 2.64. The lowest BCUT2D eigenvalue weighted by Gasteiger charge is -2.28. The van der Waals surface area contributed by atoms with Crippen LogP contribution in [0.2, 0.25) is 10.2 Å². The molecule has 26 heavy (non-hydrogen) atoms. The largest absolute Gasteiger partial charge is 0.495 e. The van der Waals surface area contributed by atoms with Crippen LogP contribution in [0.15, 0.2) is 36.5 Å². The summed E-state index contributed by atoms with van der Waals surface area (Å²) >= 11 is 11.7. The number of anilines is 1. The average Bonchev–Trinajstić information content (AvgIpc) is 3.12. The van der Waals surface area contributed by atoms with E-state index in [2.05, 4.69) is 10.3 Å². The second-order valence-electron chi connectivity index (χ2n) is 5.55. The van der Waals surface area contributed by atoms with Crippen molar-refractivity contribution in [3.63, 3.8) is 0 Å². The molecule has 1 aliphatic heterocycles. The van der Waals surface area contributed by atoms with Crippen LogP contribution in [0.1, 0.15) is 16.8 Å². The molecular weight excluding hydrogens is 379 g/mol. The molecule has 1 aromatic heterocycles. The van der Waals surface area contributed by atoms with Crippen LogP contribution in [0.25, 0.3) is 0 Å². The highest BCUT2D eigenvalue weighted by atomic mass is 35.5. The van der Waals surface area contributed by atoms with Gasteiger partial charge in [0.05, 0.1) is 18.4 Å². The number of methoxy groups -OCH3 is 1. The Labute approximate surface area is 160 Å². The number of ether oxygens (including phenoxy) is 1. The van der Waals surface area contributed by atoms with Gasteiger partial charge in [-0.05, 0) is 36.8 Å². The van der Waals surface area contributed by atoms with Gasteiger partial charge in [0.1, 0.15) is 10.9 Å². The molecule has 3 rings (SSSR count). The van der Waals surface area contributed by atoms with E-state index in [1.165, 1.54) is 29.4 Å². The maximum Gasteiger partial charge on any atom is 0.340 e. The first-order valence-corrected chi connectivity index (χ1v) is 8.60. The summed E-state index contributed by atoms with van der Waals surface area (Å²) < 4.78 is 5.23. The van der Waals surface area contributed by atoms with Gasteiger partial charge in [0.2, 0.25) is 0 Å². The minimum absolute atomic E-state index is 0.297. The van der Waals surface area contributed by atoms with Crippen LogP contribution in [0.5, 0.6) is 5.75 Å². The monoisotopic (exact) mass is 394 g/mol. The van der Waals surface area contributed by atoms with E-state index in [-0.39, 0.29) is 5.91 Å². The molecule has 0 aliphatic carbocycles. The molecule has 1 aliphatic rings. The number of rotatable bonds is 3. The number of aromatic nitrogens is 1. The standard InChI is InChI=1S/C17H16Cl2N4O3/c1-26-14-5-4-12(18)9-13(14)21-17(25)23-8-2-7-22(23)16(24)11-3-6-15(19)20-10-11/h3-6,9-10H,2,7-8H2,1H3,(H,21,25). The number of nitrogens with zero attached hydrogens (tertiary/aromatic N) is 3. The van der Waals surface area contributed by atoms with Gasteiger partial charge in [-0.25, -0.2) is 19.8 Å². The molecular formula is C17H16Cl2N4O3. The Kier molecular flexibility index (Phi) is 5.49. The highest BCUT2D eigenvalue weighted by molar-refractivity contribution is 6.31. The normalized spacial score (nSPS) is 13.7. The zero-order valence-electron chi connectivity index (χ0n) is 13.9. The number of carbonyl (C=O) groups is 2. The van der Waals surface area contributed by atoms with E-state index >= 15 is 0 Å². The Hall–Kier alpha value is -2.51. The van der Waals surface area contributed by atoms with Gasteiger partial charge < -0.3 is 10.1 Å². The van der Waals surface area contributed by atoms with E-state index in [1.54, 1.807) is 24.3 Å². The number of hydrogen-bond donors (Lipinski definition) is 1. The van der Waals surface area contributed by atoms with Gasteiger partial charge in [-0.2, -0.15) is 0 Å². The SMILES string of the molecule is COc1ccc(Cl)cc1NC(=O)N1CCCN1C(=O)c1ccc(Cl)nc1. The van der Waals surface area contributed by atoms with Crippen LogP contribution >= 0.6 is 23.2 Å². The molecule has 1 saturated heterocycles. The van der Waals surface area contributed by atoms with Crippen LogP contribution in [-0.4, -0.2) is 47.1 Å².